The van der Waals surface area contributed by atoms with E-state index in [0.29, 0.717) is 28.5 Å². The van der Waals surface area contributed by atoms with E-state index in [0.717, 1.165) is 10.4 Å². The average Bonchev–Trinajstić information content (AvgIpc) is 3.22. The van der Waals surface area contributed by atoms with Gasteiger partial charge >= 0.3 is 0 Å². The Morgan fingerprint density at radius 1 is 0.923 bits per heavy atom. The van der Waals surface area contributed by atoms with Gasteiger partial charge in [0.2, 0.25) is 5.75 Å². The third-order valence-electron chi connectivity index (χ3n) is 3.85. The Labute approximate surface area is 156 Å². The Kier molecular flexibility index (Phi) is 5.43. The zero-order chi connectivity index (χ0) is 18.5. The van der Waals surface area contributed by atoms with Gasteiger partial charge < -0.3 is 19.5 Å². The quantitative estimate of drug-likeness (QED) is 0.685. The van der Waals surface area contributed by atoms with Crippen molar-refractivity contribution in [1.29, 1.82) is 0 Å². The molecule has 0 saturated carbocycles. The predicted molar refractivity (Wildman–Crippen MR) is 104 cm³/mol. The van der Waals surface area contributed by atoms with Gasteiger partial charge in [0, 0.05) is 28.3 Å². The largest absolute Gasteiger partial charge is 0.493 e. The van der Waals surface area contributed by atoms with Gasteiger partial charge in [-0.1, -0.05) is 18.2 Å². The number of methoxy groups -OCH3 is 3. The fraction of sp³-hybridized carbons (Fsp3) is 0.150. The summed E-state index contributed by atoms with van der Waals surface area (Å²) in [6.07, 6.45) is 0. The van der Waals surface area contributed by atoms with Crippen molar-refractivity contribution in [3.8, 4) is 27.7 Å². The van der Waals surface area contributed by atoms with Crippen LogP contribution in [0.2, 0.25) is 0 Å². The third kappa shape index (κ3) is 3.65. The Balaban J connectivity index is 1.87. The molecular weight excluding hydrogens is 350 g/mol. The molecule has 0 saturated heterocycles. The molecule has 1 aromatic heterocycles. The first kappa shape index (κ1) is 17.8. The molecule has 0 spiro atoms. The molecule has 0 bridgehead atoms. The lowest BCUT2D eigenvalue weighted by Crippen LogP contribution is -2.12. The van der Waals surface area contributed by atoms with Crippen LogP contribution in [0.25, 0.3) is 10.4 Å². The van der Waals surface area contributed by atoms with Crippen molar-refractivity contribution in [2.45, 2.75) is 0 Å². The standard InChI is InChI=1S/C20H19NO4S/c1-23-16-11-15(12-17(24-2)19(16)25-3)21-20(22)14-7-4-6-13(10-14)18-8-5-9-26-18/h4-12H,1-3H3,(H,21,22). The minimum absolute atomic E-state index is 0.210. The van der Waals surface area contributed by atoms with E-state index in [4.69, 9.17) is 14.2 Å². The van der Waals surface area contributed by atoms with Crippen LogP contribution in [0.3, 0.4) is 0 Å². The monoisotopic (exact) mass is 369 g/mol. The molecule has 1 heterocycles. The number of hydrogen-bond donors (Lipinski definition) is 1. The maximum atomic E-state index is 12.7. The lowest BCUT2D eigenvalue weighted by Gasteiger charge is -2.14. The molecule has 1 N–H and O–H groups in total. The van der Waals surface area contributed by atoms with Gasteiger partial charge in [-0.2, -0.15) is 0 Å². The van der Waals surface area contributed by atoms with Crippen LogP contribution in [0.1, 0.15) is 10.4 Å². The van der Waals surface area contributed by atoms with Gasteiger partial charge in [-0.25, -0.2) is 0 Å². The summed E-state index contributed by atoms with van der Waals surface area (Å²) >= 11 is 1.64. The fourth-order valence-corrected chi connectivity index (χ4v) is 3.34. The molecule has 0 aliphatic heterocycles. The molecule has 3 aromatic rings. The summed E-state index contributed by atoms with van der Waals surface area (Å²) in [6.45, 7) is 0. The van der Waals surface area contributed by atoms with Crippen molar-refractivity contribution >= 4 is 22.9 Å². The zero-order valence-electron chi connectivity index (χ0n) is 14.7. The summed E-state index contributed by atoms with van der Waals surface area (Å²) in [5.41, 5.74) is 2.15. The molecule has 3 rings (SSSR count). The molecule has 0 fully saturated rings. The van der Waals surface area contributed by atoms with E-state index in [2.05, 4.69) is 5.32 Å². The molecule has 0 atom stereocenters. The van der Waals surface area contributed by atoms with Gasteiger partial charge in [0.1, 0.15) is 0 Å². The van der Waals surface area contributed by atoms with Crippen LogP contribution >= 0.6 is 11.3 Å². The molecule has 0 unspecified atom stereocenters. The predicted octanol–water partition coefficient (Wildman–Crippen LogP) is 4.69. The molecule has 6 heteroatoms. The second kappa shape index (κ2) is 7.93. The van der Waals surface area contributed by atoms with Crippen LogP contribution in [0, 0.1) is 0 Å². The van der Waals surface area contributed by atoms with Gasteiger partial charge in [-0.15, -0.1) is 11.3 Å². The Morgan fingerprint density at radius 2 is 1.65 bits per heavy atom. The second-order valence-electron chi connectivity index (χ2n) is 5.43. The SMILES string of the molecule is COc1cc(NC(=O)c2cccc(-c3cccs3)c2)cc(OC)c1OC. The minimum Gasteiger partial charge on any atom is -0.493 e. The highest BCUT2D eigenvalue weighted by Crippen LogP contribution is 2.40. The maximum Gasteiger partial charge on any atom is 0.255 e. The van der Waals surface area contributed by atoms with E-state index in [1.807, 2.05) is 35.7 Å². The minimum atomic E-state index is -0.210. The lowest BCUT2D eigenvalue weighted by atomic mass is 10.1. The molecule has 5 nitrogen and oxygen atoms in total. The summed E-state index contributed by atoms with van der Waals surface area (Å²) in [5, 5.41) is 4.89. The van der Waals surface area contributed by atoms with Crippen molar-refractivity contribution in [3.05, 3.63) is 59.5 Å². The number of nitrogens with one attached hydrogen (secondary N) is 1. The Hall–Kier alpha value is -2.99. The number of carbonyl (C=O) groups is 1. The van der Waals surface area contributed by atoms with Crippen molar-refractivity contribution in [3.63, 3.8) is 0 Å². The summed E-state index contributed by atoms with van der Waals surface area (Å²) < 4.78 is 15.9. The molecule has 26 heavy (non-hydrogen) atoms. The van der Waals surface area contributed by atoms with E-state index in [1.165, 1.54) is 21.3 Å². The van der Waals surface area contributed by atoms with Crippen LogP contribution < -0.4 is 19.5 Å². The van der Waals surface area contributed by atoms with Gasteiger partial charge in [0.05, 0.1) is 21.3 Å². The summed E-state index contributed by atoms with van der Waals surface area (Å²) in [5.74, 6) is 1.23. The second-order valence-corrected chi connectivity index (χ2v) is 6.37. The lowest BCUT2D eigenvalue weighted by molar-refractivity contribution is 0.102. The highest BCUT2D eigenvalue weighted by atomic mass is 32.1. The van der Waals surface area contributed by atoms with Gasteiger partial charge in [-0.05, 0) is 29.1 Å². The smallest absolute Gasteiger partial charge is 0.255 e. The van der Waals surface area contributed by atoms with Crippen LogP contribution in [0.15, 0.2) is 53.9 Å². The number of rotatable bonds is 6. The van der Waals surface area contributed by atoms with Crippen molar-refractivity contribution in [2.75, 3.05) is 26.6 Å². The highest BCUT2D eigenvalue weighted by Gasteiger charge is 2.15. The van der Waals surface area contributed by atoms with E-state index >= 15 is 0 Å². The summed E-state index contributed by atoms with van der Waals surface area (Å²) in [7, 11) is 4.61. The molecular formula is C20H19NO4S. The number of ether oxygens (including phenoxy) is 3. The first-order valence-corrected chi connectivity index (χ1v) is 8.79. The number of carbonyl (C=O) groups excluding carboxylic acids is 1. The molecule has 0 radical (unpaired) electrons. The van der Waals surface area contributed by atoms with E-state index in [9.17, 15) is 4.79 Å². The molecule has 0 aliphatic rings. The summed E-state index contributed by atoms with van der Waals surface area (Å²) in [4.78, 5) is 13.8. The van der Waals surface area contributed by atoms with E-state index in [-0.39, 0.29) is 5.91 Å². The number of amides is 1. The van der Waals surface area contributed by atoms with Crippen LogP contribution in [0.4, 0.5) is 5.69 Å². The average molecular weight is 369 g/mol. The summed E-state index contributed by atoms with van der Waals surface area (Å²) in [6, 6.07) is 14.9. The zero-order valence-corrected chi connectivity index (χ0v) is 15.6. The number of thiophene rings is 1. The van der Waals surface area contributed by atoms with Gasteiger partial charge in [0.15, 0.2) is 11.5 Å². The molecule has 134 valence electrons. The van der Waals surface area contributed by atoms with Crippen LogP contribution in [-0.2, 0) is 0 Å². The van der Waals surface area contributed by atoms with Crippen molar-refractivity contribution < 1.29 is 19.0 Å². The van der Waals surface area contributed by atoms with Crippen molar-refractivity contribution in [2.24, 2.45) is 0 Å². The van der Waals surface area contributed by atoms with Gasteiger partial charge in [0.25, 0.3) is 5.91 Å². The Bertz CT molecular complexity index is 881. The highest BCUT2D eigenvalue weighted by molar-refractivity contribution is 7.13. The first-order chi connectivity index (χ1) is 12.7. The topological polar surface area (TPSA) is 56.8 Å². The number of anilines is 1. The maximum absolute atomic E-state index is 12.7. The first-order valence-electron chi connectivity index (χ1n) is 7.91. The molecule has 2 aromatic carbocycles. The van der Waals surface area contributed by atoms with Crippen LogP contribution in [0.5, 0.6) is 17.2 Å². The van der Waals surface area contributed by atoms with Gasteiger partial charge in [-0.3, -0.25) is 4.79 Å². The number of hydrogen-bond acceptors (Lipinski definition) is 5. The van der Waals surface area contributed by atoms with E-state index in [1.54, 1.807) is 29.5 Å². The van der Waals surface area contributed by atoms with Crippen LogP contribution in [-0.4, -0.2) is 27.2 Å². The van der Waals surface area contributed by atoms with Crippen molar-refractivity contribution in [1.82, 2.24) is 0 Å². The molecule has 0 aliphatic carbocycles. The Morgan fingerprint density at radius 3 is 2.23 bits per heavy atom. The third-order valence-corrected chi connectivity index (χ3v) is 4.77. The van der Waals surface area contributed by atoms with E-state index < -0.39 is 0 Å². The fourth-order valence-electron chi connectivity index (χ4n) is 2.61. The normalized spacial score (nSPS) is 10.3. The molecule has 1 amide bonds. The number of benzene rings is 2.